The minimum Gasteiger partial charge on any atom is -0.349 e. The Morgan fingerprint density at radius 2 is 2.33 bits per heavy atom. The number of aromatic amines is 1. The molecule has 0 aliphatic heterocycles. The van der Waals surface area contributed by atoms with Gasteiger partial charge in [-0.25, -0.2) is 9.97 Å². The van der Waals surface area contributed by atoms with Gasteiger partial charge in [-0.15, -0.1) is 11.3 Å². The molecule has 0 fully saturated rings. The highest BCUT2D eigenvalue weighted by molar-refractivity contribution is 7.09. The quantitative estimate of drug-likeness (QED) is 0.730. The van der Waals surface area contributed by atoms with E-state index in [2.05, 4.69) is 20.3 Å². The van der Waals surface area contributed by atoms with Crippen molar-refractivity contribution in [2.24, 2.45) is 0 Å². The summed E-state index contributed by atoms with van der Waals surface area (Å²) in [5.41, 5.74) is 0. The van der Waals surface area contributed by atoms with Crippen LogP contribution in [0.3, 0.4) is 0 Å². The van der Waals surface area contributed by atoms with E-state index in [1.54, 1.807) is 17.5 Å². The monoisotopic (exact) mass is 222 g/mol. The molecule has 0 atom stereocenters. The van der Waals surface area contributed by atoms with Crippen LogP contribution in [-0.2, 0) is 13.0 Å². The summed E-state index contributed by atoms with van der Waals surface area (Å²) < 4.78 is 0. The van der Waals surface area contributed by atoms with Crippen molar-refractivity contribution >= 4 is 11.3 Å². The largest absolute Gasteiger partial charge is 0.349 e. The van der Waals surface area contributed by atoms with Crippen LogP contribution in [0.5, 0.6) is 0 Å². The molecule has 0 unspecified atom stereocenters. The van der Waals surface area contributed by atoms with Gasteiger partial charge in [0.25, 0.3) is 0 Å². The number of aromatic nitrogens is 3. The van der Waals surface area contributed by atoms with Crippen LogP contribution in [0.2, 0.25) is 0 Å². The Hall–Kier alpha value is -1.20. The maximum atomic E-state index is 4.20. The maximum absolute atomic E-state index is 4.20. The van der Waals surface area contributed by atoms with Crippen LogP contribution in [-0.4, -0.2) is 21.5 Å². The van der Waals surface area contributed by atoms with Gasteiger partial charge in [-0.1, -0.05) is 0 Å². The average Bonchev–Trinajstić information content (AvgIpc) is 2.88. The summed E-state index contributed by atoms with van der Waals surface area (Å²) >= 11 is 1.69. The number of nitrogens with zero attached hydrogens (tertiary/aromatic N) is 2. The first-order valence-corrected chi connectivity index (χ1v) is 5.90. The van der Waals surface area contributed by atoms with Crippen molar-refractivity contribution in [3.8, 4) is 0 Å². The molecule has 2 rings (SSSR count). The molecule has 0 aliphatic rings. The highest BCUT2D eigenvalue weighted by Crippen LogP contribution is 2.02. The smallest absolute Gasteiger partial charge is 0.106 e. The SMILES string of the molecule is c1c[nH]c(CCCNCc2nccs2)n1. The molecule has 0 saturated heterocycles. The molecular formula is C10H14N4S. The van der Waals surface area contributed by atoms with E-state index in [1.165, 1.54) is 0 Å². The number of hydrogen-bond acceptors (Lipinski definition) is 4. The van der Waals surface area contributed by atoms with Crippen LogP contribution in [0.15, 0.2) is 24.0 Å². The molecule has 0 amide bonds. The summed E-state index contributed by atoms with van der Waals surface area (Å²) in [6, 6.07) is 0. The molecule has 2 heterocycles. The molecule has 2 aromatic rings. The molecule has 0 aromatic carbocycles. The fraction of sp³-hybridized carbons (Fsp3) is 0.400. The van der Waals surface area contributed by atoms with Crippen LogP contribution in [0, 0.1) is 0 Å². The van der Waals surface area contributed by atoms with Gasteiger partial charge in [-0.3, -0.25) is 0 Å². The summed E-state index contributed by atoms with van der Waals surface area (Å²) in [6.07, 6.45) is 7.58. The maximum Gasteiger partial charge on any atom is 0.106 e. The lowest BCUT2D eigenvalue weighted by molar-refractivity contribution is 0.639. The third-order valence-corrected chi connectivity index (χ3v) is 2.86. The van der Waals surface area contributed by atoms with Crippen molar-refractivity contribution in [1.29, 1.82) is 0 Å². The lowest BCUT2D eigenvalue weighted by atomic mass is 10.3. The summed E-state index contributed by atoms with van der Waals surface area (Å²) in [5, 5.41) is 6.50. The topological polar surface area (TPSA) is 53.6 Å². The highest BCUT2D eigenvalue weighted by atomic mass is 32.1. The van der Waals surface area contributed by atoms with Crippen molar-refractivity contribution in [1.82, 2.24) is 20.3 Å². The van der Waals surface area contributed by atoms with E-state index in [0.717, 1.165) is 36.8 Å². The Morgan fingerprint density at radius 1 is 1.33 bits per heavy atom. The van der Waals surface area contributed by atoms with Gasteiger partial charge in [0.2, 0.25) is 0 Å². The highest BCUT2D eigenvalue weighted by Gasteiger charge is 1.96. The number of hydrogen-bond donors (Lipinski definition) is 2. The fourth-order valence-corrected chi connectivity index (χ4v) is 1.94. The summed E-state index contributed by atoms with van der Waals surface area (Å²) in [6.45, 7) is 1.87. The van der Waals surface area contributed by atoms with Crippen LogP contribution in [0.25, 0.3) is 0 Å². The second-order valence-electron chi connectivity index (χ2n) is 3.24. The lowest BCUT2D eigenvalue weighted by Crippen LogP contribution is -2.15. The van der Waals surface area contributed by atoms with Crippen molar-refractivity contribution in [2.75, 3.05) is 6.54 Å². The molecule has 0 saturated carbocycles. The first-order valence-electron chi connectivity index (χ1n) is 5.02. The molecule has 80 valence electrons. The zero-order valence-electron chi connectivity index (χ0n) is 8.44. The van der Waals surface area contributed by atoms with Gasteiger partial charge < -0.3 is 10.3 Å². The first kappa shape index (κ1) is 10.3. The van der Waals surface area contributed by atoms with Gasteiger partial charge in [0.05, 0.1) is 0 Å². The zero-order chi connectivity index (χ0) is 10.3. The number of aryl methyl sites for hydroxylation is 1. The normalized spacial score (nSPS) is 10.7. The van der Waals surface area contributed by atoms with Crippen LogP contribution in [0.1, 0.15) is 17.3 Å². The predicted molar refractivity (Wildman–Crippen MR) is 60.7 cm³/mol. The third kappa shape index (κ3) is 3.45. The molecule has 4 nitrogen and oxygen atoms in total. The number of nitrogens with one attached hydrogen (secondary N) is 2. The van der Waals surface area contributed by atoms with Gasteiger partial charge in [0.15, 0.2) is 0 Å². The van der Waals surface area contributed by atoms with E-state index in [-0.39, 0.29) is 0 Å². The van der Waals surface area contributed by atoms with E-state index in [9.17, 15) is 0 Å². The van der Waals surface area contributed by atoms with E-state index in [4.69, 9.17) is 0 Å². The van der Waals surface area contributed by atoms with Crippen molar-refractivity contribution in [3.63, 3.8) is 0 Å². The van der Waals surface area contributed by atoms with Crippen LogP contribution < -0.4 is 5.32 Å². The molecule has 0 bridgehead atoms. The average molecular weight is 222 g/mol. The van der Waals surface area contributed by atoms with Gasteiger partial charge >= 0.3 is 0 Å². The van der Waals surface area contributed by atoms with Crippen LogP contribution in [0.4, 0.5) is 0 Å². The van der Waals surface area contributed by atoms with E-state index in [0.29, 0.717) is 0 Å². The predicted octanol–water partition coefficient (Wildman–Crippen LogP) is 1.59. The van der Waals surface area contributed by atoms with E-state index < -0.39 is 0 Å². The molecule has 2 N–H and O–H groups in total. The minimum absolute atomic E-state index is 0.871. The minimum atomic E-state index is 0.871. The van der Waals surface area contributed by atoms with Gasteiger partial charge in [-0.05, 0) is 13.0 Å². The number of imidazole rings is 1. The molecule has 15 heavy (non-hydrogen) atoms. The zero-order valence-corrected chi connectivity index (χ0v) is 9.26. The summed E-state index contributed by atoms with van der Waals surface area (Å²) in [4.78, 5) is 11.5. The molecule has 0 radical (unpaired) electrons. The molecule has 2 aromatic heterocycles. The van der Waals surface area contributed by atoms with Crippen LogP contribution >= 0.6 is 11.3 Å². The van der Waals surface area contributed by atoms with Gasteiger partial charge in [0.1, 0.15) is 10.8 Å². The van der Waals surface area contributed by atoms with E-state index in [1.807, 2.05) is 17.8 Å². The Labute approximate surface area is 92.8 Å². The number of H-pyrrole nitrogens is 1. The first-order chi connectivity index (χ1) is 7.45. The number of rotatable bonds is 6. The van der Waals surface area contributed by atoms with Gasteiger partial charge in [-0.2, -0.15) is 0 Å². The van der Waals surface area contributed by atoms with Crippen molar-refractivity contribution < 1.29 is 0 Å². The Balaban J connectivity index is 1.56. The second-order valence-corrected chi connectivity index (χ2v) is 4.22. The molecule has 0 spiro atoms. The summed E-state index contributed by atoms with van der Waals surface area (Å²) in [5.74, 6) is 1.06. The summed E-state index contributed by atoms with van der Waals surface area (Å²) in [7, 11) is 0. The standard InChI is InChI=1S/C10H14N4S/c1(2-9-12-4-5-13-9)3-11-8-10-14-6-7-15-10/h4-7,11H,1-3,8H2,(H,12,13). The van der Waals surface area contributed by atoms with Crippen molar-refractivity contribution in [2.45, 2.75) is 19.4 Å². The third-order valence-electron chi connectivity index (χ3n) is 2.08. The molecular weight excluding hydrogens is 208 g/mol. The number of thiazole rings is 1. The fourth-order valence-electron chi connectivity index (χ4n) is 1.35. The van der Waals surface area contributed by atoms with Gasteiger partial charge in [0, 0.05) is 36.9 Å². The Bertz CT molecular complexity index is 318. The second kappa shape index (κ2) is 5.63. The molecule has 0 aliphatic carbocycles. The van der Waals surface area contributed by atoms with E-state index >= 15 is 0 Å². The van der Waals surface area contributed by atoms with Crippen molar-refractivity contribution in [3.05, 3.63) is 34.8 Å². The molecule has 5 heteroatoms. The Morgan fingerprint density at radius 3 is 3.07 bits per heavy atom. The lowest BCUT2D eigenvalue weighted by Gasteiger charge is -2.00. The Kier molecular flexibility index (Phi) is 3.87.